The van der Waals surface area contributed by atoms with Gasteiger partial charge in [-0.15, -0.1) is 0 Å². The highest BCUT2D eigenvalue weighted by Gasteiger charge is 1.98. The van der Waals surface area contributed by atoms with E-state index in [4.69, 9.17) is 5.26 Å². The first kappa shape index (κ1) is 14.0. The van der Waals surface area contributed by atoms with Gasteiger partial charge < -0.3 is 5.32 Å². The van der Waals surface area contributed by atoms with Crippen molar-refractivity contribution >= 4 is 12.0 Å². The van der Waals surface area contributed by atoms with Crippen molar-refractivity contribution in [2.75, 3.05) is 6.54 Å². The first-order valence-corrected chi connectivity index (χ1v) is 6.23. The molecule has 0 aliphatic rings. The zero-order valence-corrected chi connectivity index (χ0v) is 10.6. The predicted octanol–water partition coefficient (Wildman–Crippen LogP) is 2.88. The number of nitriles is 1. The van der Waals surface area contributed by atoms with E-state index in [0.717, 1.165) is 24.8 Å². The number of hydrogen-bond donors (Lipinski definition) is 1. The third-order valence-electron chi connectivity index (χ3n) is 2.58. The summed E-state index contributed by atoms with van der Waals surface area (Å²) in [5.41, 5.74) is 1.34. The SMILES string of the molecule is CCCCCNC(=O)/C=C/c1ccccc1C#N. The maximum Gasteiger partial charge on any atom is 0.243 e. The van der Waals surface area contributed by atoms with Crippen LogP contribution in [-0.4, -0.2) is 12.5 Å². The van der Waals surface area contributed by atoms with Gasteiger partial charge in [0.25, 0.3) is 0 Å². The fourth-order valence-corrected chi connectivity index (χ4v) is 1.56. The van der Waals surface area contributed by atoms with Crippen LogP contribution in [0.2, 0.25) is 0 Å². The zero-order chi connectivity index (χ0) is 13.2. The first-order valence-electron chi connectivity index (χ1n) is 6.23. The number of benzene rings is 1. The van der Waals surface area contributed by atoms with Gasteiger partial charge in [-0.3, -0.25) is 4.79 Å². The summed E-state index contributed by atoms with van der Waals surface area (Å²) in [5.74, 6) is -0.112. The summed E-state index contributed by atoms with van der Waals surface area (Å²) < 4.78 is 0. The molecule has 0 heterocycles. The van der Waals surface area contributed by atoms with Crippen molar-refractivity contribution in [1.29, 1.82) is 5.26 Å². The number of carbonyl (C=O) groups is 1. The molecule has 1 rings (SSSR count). The molecule has 0 aliphatic carbocycles. The van der Waals surface area contributed by atoms with E-state index in [1.165, 1.54) is 6.08 Å². The third-order valence-corrected chi connectivity index (χ3v) is 2.58. The molecular formula is C15H18N2O. The summed E-state index contributed by atoms with van der Waals surface area (Å²) >= 11 is 0. The van der Waals surface area contributed by atoms with Gasteiger partial charge in [-0.25, -0.2) is 0 Å². The number of nitrogens with zero attached hydrogens (tertiary/aromatic N) is 1. The fourth-order valence-electron chi connectivity index (χ4n) is 1.56. The van der Waals surface area contributed by atoms with E-state index in [1.54, 1.807) is 18.2 Å². The molecule has 0 unspecified atom stereocenters. The van der Waals surface area contributed by atoms with Gasteiger partial charge >= 0.3 is 0 Å². The van der Waals surface area contributed by atoms with Crippen molar-refractivity contribution in [3.8, 4) is 6.07 Å². The molecular weight excluding hydrogens is 224 g/mol. The van der Waals surface area contributed by atoms with Crippen LogP contribution in [0.25, 0.3) is 6.08 Å². The molecule has 0 bridgehead atoms. The number of hydrogen-bond acceptors (Lipinski definition) is 2. The van der Waals surface area contributed by atoms with Crippen LogP contribution < -0.4 is 5.32 Å². The highest BCUT2D eigenvalue weighted by Crippen LogP contribution is 2.08. The summed E-state index contributed by atoms with van der Waals surface area (Å²) in [6, 6.07) is 9.30. The lowest BCUT2D eigenvalue weighted by atomic mass is 10.1. The van der Waals surface area contributed by atoms with Crippen LogP contribution in [-0.2, 0) is 4.79 Å². The molecule has 0 saturated carbocycles. The maximum atomic E-state index is 11.5. The molecule has 1 amide bonds. The second-order valence-corrected chi connectivity index (χ2v) is 4.03. The number of rotatable bonds is 6. The third kappa shape index (κ3) is 4.84. The van der Waals surface area contributed by atoms with Crippen molar-refractivity contribution < 1.29 is 4.79 Å². The number of amides is 1. The van der Waals surface area contributed by atoms with Crippen molar-refractivity contribution in [3.05, 3.63) is 41.5 Å². The normalized spacial score (nSPS) is 10.2. The largest absolute Gasteiger partial charge is 0.353 e. The van der Waals surface area contributed by atoms with Crippen molar-refractivity contribution in [1.82, 2.24) is 5.32 Å². The molecule has 0 saturated heterocycles. The summed E-state index contributed by atoms with van der Waals surface area (Å²) in [6.07, 6.45) is 6.42. The highest BCUT2D eigenvalue weighted by atomic mass is 16.1. The zero-order valence-electron chi connectivity index (χ0n) is 10.6. The molecule has 3 heteroatoms. The quantitative estimate of drug-likeness (QED) is 0.616. The van der Waals surface area contributed by atoms with Gasteiger partial charge in [0.05, 0.1) is 11.6 Å². The molecule has 0 aliphatic heterocycles. The van der Waals surface area contributed by atoms with Crippen LogP contribution >= 0.6 is 0 Å². The van der Waals surface area contributed by atoms with Crippen LogP contribution in [0.4, 0.5) is 0 Å². The minimum atomic E-state index is -0.112. The molecule has 0 atom stereocenters. The molecule has 1 N–H and O–H groups in total. The lowest BCUT2D eigenvalue weighted by molar-refractivity contribution is -0.116. The lowest BCUT2D eigenvalue weighted by Crippen LogP contribution is -2.21. The Morgan fingerprint density at radius 1 is 1.39 bits per heavy atom. The van der Waals surface area contributed by atoms with Gasteiger partial charge in [-0.1, -0.05) is 38.0 Å². The standard InChI is InChI=1S/C15H18N2O/c1-2-3-6-11-17-15(18)10-9-13-7-4-5-8-14(13)12-16/h4-5,7-10H,2-3,6,11H2,1H3,(H,17,18)/b10-9+. The van der Waals surface area contributed by atoms with E-state index in [-0.39, 0.29) is 5.91 Å². The lowest BCUT2D eigenvalue weighted by Gasteiger charge is -2.01. The van der Waals surface area contributed by atoms with Crippen LogP contribution in [0.3, 0.4) is 0 Å². The van der Waals surface area contributed by atoms with Crippen molar-refractivity contribution in [3.63, 3.8) is 0 Å². The maximum absolute atomic E-state index is 11.5. The second-order valence-electron chi connectivity index (χ2n) is 4.03. The van der Waals surface area contributed by atoms with E-state index < -0.39 is 0 Å². The van der Waals surface area contributed by atoms with E-state index in [0.29, 0.717) is 12.1 Å². The smallest absolute Gasteiger partial charge is 0.243 e. The van der Waals surface area contributed by atoms with Gasteiger partial charge in [-0.2, -0.15) is 5.26 Å². The molecule has 0 aromatic heterocycles. The summed E-state index contributed by atoms with van der Waals surface area (Å²) in [5, 5.41) is 11.7. The second kappa shape index (κ2) is 8.08. The topological polar surface area (TPSA) is 52.9 Å². The molecule has 0 radical (unpaired) electrons. The van der Waals surface area contributed by atoms with Gasteiger partial charge in [0.1, 0.15) is 0 Å². The van der Waals surface area contributed by atoms with Gasteiger partial charge in [0.15, 0.2) is 0 Å². The molecule has 0 fully saturated rings. The van der Waals surface area contributed by atoms with Gasteiger partial charge in [0, 0.05) is 12.6 Å². The van der Waals surface area contributed by atoms with Crippen LogP contribution in [0.15, 0.2) is 30.3 Å². The van der Waals surface area contributed by atoms with Crippen molar-refractivity contribution in [2.24, 2.45) is 0 Å². The minimum absolute atomic E-state index is 0.112. The highest BCUT2D eigenvalue weighted by molar-refractivity contribution is 5.92. The van der Waals surface area contributed by atoms with Crippen LogP contribution in [0, 0.1) is 11.3 Å². The average molecular weight is 242 g/mol. The Morgan fingerprint density at radius 3 is 2.89 bits per heavy atom. The molecule has 0 spiro atoms. The predicted molar refractivity (Wildman–Crippen MR) is 72.7 cm³/mol. The Labute approximate surface area is 108 Å². The summed E-state index contributed by atoms with van der Waals surface area (Å²) in [7, 11) is 0. The molecule has 1 aromatic carbocycles. The monoisotopic (exact) mass is 242 g/mol. The average Bonchev–Trinajstić information content (AvgIpc) is 2.41. The molecule has 94 valence electrons. The minimum Gasteiger partial charge on any atom is -0.353 e. The summed E-state index contributed by atoms with van der Waals surface area (Å²) in [6.45, 7) is 2.83. The number of nitrogens with one attached hydrogen (secondary N) is 1. The fraction of sp³-hybridized carbons (Fsp3) is 0.333. The molecule has 18 heavy (non-hydrogen) atoms. The van der Waals surface area contributed by atoms with Gasteiger partial charge in [-0.05, 0) is 24.1 Å². The first-order chi connectivity index (χ1) is 8.77. The molecule has 3 nitrogen and oxygen atoms in total. The van der Waals surface area contributed by atoms with Crippen LogP contribution in [0.5, 0.6) is 0 Å². The van der Waals surface area contributed by atoms with Gasteiger partial charge in [0.2, 0.25) is 5.91 Å². The van der Waals surface area contributed by atoms with Crippen LogP contribution in [0.1, 0.15) is 37.3 Å². The van der Waals surface area contributed by atoms with E-state index >= 15 is 0 Å². The number of carbonyl (C=O) groups excluding carboxylic acids is 1. The Hall–Kier alpha value is -2.08. The van der Waals surface area contributed by atoms with Crippen molar-refractivity contribution in [2.45, 2.75) is 26.2 Å². The Bertz CT molecular complexity index is 458. The van der Waals surface area contributed by atoms with E-state index in [2.05, 4.69) is 18.3 Å². The molecule has 1 aromatic rings. The number of unbranched alkanes of at least 4 members (excludes halogenated alkanes) is 2. The Morgan fingerprint density at radius 2 is 2.17 bits per heavy atom. The Kier molecular flexibility index (Phi) is 6.27. The van der Waals surface area contributed by atoms with E-state index in [1.807, 2.05) is 12.1 Å². The summed E-state index contributed by atoms with van der Waals surface area (Å²) in [4.78, 5) is 11.5. The van der Waals surface area contributed by atoms with E-state index in [9.17, 15) is 4.79 Å². The Balaban J connectivity index is 2.48.